The molecule has 1 aliphatic rings. The Morgan fingerprint density at radius 2 is 1.94 bits per heavy atom. The quantitative estimate of drug-likeness (QED) is 0.788. The minimum Gasteiger partial charge on any atom is -0.380 e. The van der Waals surface area contributed by atoms with Gasteiger partial charge in [0.25, 0.3) is 0 Å². The van der Waals surface area contributed by atoms with Gasteiger partial charge in [-0.1, -0.05) is 13.8 Å². The number of nitrogens with zero attached hydrogens (tertiary/aromatic N) is 2. The van der Waals surface area contributed by atoms with Crippen LogP contribution in [0.3, 0.4) is 0 Å². The number of aromatic nitrogens is 2. The third-order valence-electron chi connectivity index (χ3n) is 4.26. The van der Waals surface area contributed by atoms with Crippen molar-refractivity contribution >= 4 is 11.5 Å². The van der Waals surface area contributed by atoms with Crippen molar-refractivity contribution in [2.75, 3.05) is 17.2 Å². The molecule has 1 aromatic rings. The summed E-state index contributed by atoms with van der Waals surface area (Å²) in [6.45, 7) is 15.1. The fourth-order valence-corrected chi connectivity index (χ4v) is 2.14. The van der Waals surface area contributed by atoms with Crippen molar-refractivity contribution in [3.63, 3.8) is 0 Å². The molecule has 96 valence electrons. The second kappa shape index (κ2) is 3.65. The van der Waals surface area contributed by atoms with Crippen LogP contribution in [0.1, 0.15) is 40.3 Å². The topological polar surface area (TPSA) is 41.9 Å². The fraction of sp³-hybridized carbons (Fsp3) is 0.769. The van der Waals surface area contributed by atoms with E-state index in [0.29, 0.717) is 0 Å². The Balaban J connectivity index is 2.49. The third-order valence-corrected chi connectivity index (χ3v) is 4.26. The van der Waals surface area contributed by atoms with E-state index in [0.717, 1.165) is 30.3 Å². The number of fused-ring (bicyclic) bond motifs is 1. The zero-order chi connectivity index (χ0) is 12.8. The summed E-state index contributed by atoms with van der Waals surface area (Å²) in [6.07, 6.45) is 0. The number of hydrogen-bond donors (Lipinski definition) is 2. The van der Waals surface area contributed by atoms with Crippen LogP contribution in [0.4, 0.5) is 11.5 Å². The Bertz CT molecular complexity index is 429. The van der Waals surface area contributed by atoms with E-state index in [2.05, 4.69) is 57.3 Å². The normalized spacial score (nSPS) is 21.1. The van der Waals surface area contributed by atoms with Gasteiger partial charge in [-0.25, -0.2) is 4.68 Å². The van der Waals surface area contributed by atoms with Gasteiger partial charge < -0.3 is 10.6 Å². The zero-order valence-electron chi connectivity index (χ0n) is 11.8. The smallest absolute Gasteiger partial charge is 0.148 e. The van der Waals surface area contributed by atoms with Crippen molar-refractivity contribution in [2.24, 2.45) is 5.41 Å². The van der Waals surface area contributed by atoms with E-state index in [4.69, 9.17) is 0 Å². The molecule has 0 radical (unpaired) electrons. The number of aryl methyl sites for hydroxylation is 2. The molecule has 4 nitrogen and oxygen atoms in total. The molecule has 0 bridgehead atoms. The van der Waals surface area contributed by atoms with Gasteiger partial charge in [-0.2, -0.15) is 5.10 Å². The summed E-state index contributed by atoms with van der Waals surface area (Å²) in [5.41, 5.74) is 2.44. The average molecular weight is 236 g/mol. The van der Waals surface area contributed by atoms with Crippen LogP contribution in [0.2, 0.25) is 0 Å². The molecule has 1 aromatic heterocycles. The molecule has 0 saturated heterocycles. The first-order chi connectivity index (χ1) is 7.78. The molecule has 2 N–H and O–H groups in total. The molecule has 0 unspecified atom stereocenters. The van der Waals surface area contributed by atoms with Crippen LogP contribution in [-0.4, -0.2) is 21.9 Å². The van der Waals surface area contributed by atoms with Gasteiger partial charge >= 0.3 is 0 Å². The first-order valence-corrected chi connectivity index (χ1v) is 6.38. The second-order valence-electron chi connectivity index (χ2n) is 6.11. The van der Waals surface area contributed by atoms with Crippen LogP contribution in [0.15, 0.2) is 0 Å². The molecule has 0 saturated carbocycles. The van der Waals surface area contributed by atoms with Gasteiger partial charge in [0.05, 0.1) is 5.69 Å². The Kier molecular flexibility index (Phi) is 2.64. The summed E-state index contributed by atoms with van der Waals surface area (Å²) in [7, 11) is 0. The monoisotopic (exact) mass is 236 g/mol. The van der Waals surface area contributed by atoms with Crippen LogP contribution in [0, 0.1) is 12.3 Å². The van der Waals surface area contributed by atoms with Gasteiger partial charge in [0.2, 0.25) is 0 Å². The minimum absolute atomic E-state index is 0.0324. The lowest BCUT2D eigenvalue weighted by Gasteiger charge is -2.41. The van der Waals surface area contributed by atoms with E-state index in [1.807, 2.05) is 4.68 Å². The van der Waals surface area contributed by atoms with Crippen LogP contribution in [0.25, 0.3) is 0 Å². The highest BCUT2D eigenvalue weighted by Gasteiger charge is 2.40. The summed E-state index contributed by atoms with van der Waals surface area (Å²) >= 11 is 0. The first-order valence-electron chi connectivity index (χ1n) is 6.38. The van der Waals surface area contributed by atoms with Crippen molar-refractivity contribution in [2.45, 2.75) is 53.6 Å². The molecule has 0 amide bonds. The number of hydrogen-bond acceptors (Lipinski definition) is 3. The van der Waals surface area contributed by atoms with Gasteiger partial charge in [-0.3, -0.25) is 0 Å². The van der Waals surface area contributed by atoms with Crippen LogP contribution >= 0.6 is 0 Å². The molecule has 4 heteroatoms. The van der Waals surface area contributed by atoms with Crippen molar-refractivity contribution in [3.05, 3.63) is 5.69 Å². The molecular weight excluding hydrogens is 212 g/mol. The summed E-state index contributed by atoms with van der Waals surface area (Å²) in [4.78, 5) is 0. The maximum Gasteiger partial charge on any atom is 0.148 e. The molecule has 2 heterocycles. The van der Waals surface area contributed by atoms with Gasteiger partial charge in [-0.05, 0) is 27.7 Å². The summed E-state index contributed by atoms with van der Waals surface area (Å²) < 4.78 is 2.04. The Morgan fingerprint density at radius 1 is 1.29 bits per heavy atom. The van der Waals surface area contributed by atoms with E-state index in [-0.39, 0.29) is 11.0 Å². The van der Waals surface area contributed by atoms with Crippen molar-refractivity contribution in [1.29, 1.82) is 0 Å². The maximum absolute atomic E-state index is 4.56. The highest BCUT2D eigenvalue weighted by atomic mass is 15.4. The van der Waals surface area contributed by atoms with Gasteiger partial charge in [0, 0.05) is 24.0 Å². The predicted molar refractivity (Wildman–Crippen MR) is 72.6 cm³/mol. The lowest BCUT2D eigenvalue weighted by Crippen LogP contribution is -2.48. The van der Waals surface area contributed by atoms with Crippen LogP contribution in [0.5, 0.6) is 0 Å². The molecular formula is C13H24N4. The summed E-state index contributed by atoms with van der Waals surface area (Å²) in [5, 5.41) is 11.8. The molecule has 0 atom stereocenters. The van der Waals surface area contributed by atoms with Crippen LogP contribution < -0.4 is 10.6 Å². The highest BCUT2D eigenvalue weighted by Crippen LogP contribution is 2.40. The summed E-state index contributed by atoms with van der Waals surface area (Å²) in [6, 6.07) is 0. The van der Waals surface area contributed by atoms with E-state index in [1.54, 1.807) is 0 Å². The average Bonchev–Trinajstić information content (AvgIpc) is 2.46. The molecule has 17 heavy (non-hydrogen) atoms. The fourth-order valence-electron chi connectivity index (χ4n) is 2.14. The molecule has 0 fully saturated rings. The highest BCUT2D eigenvalue weighted by molar-refractivity contribution is 5.70. The van der Waals surface area contributed by atoms with Gasteiger partial charge in [0.1, 0.15) is 11.5 Å². The number of anilines is 2. The third kappa shape index (κ3) is 1.79. The van der Waals surface area contributed by atoms with Crippen LogP contribution in [-0.2, 0) is 6.54 Å². The molecule has 1 aliphatic heterocycles. The SMILES string of the molecule is CCn1nc(C)c2c1NC(C)(C)C(C)(C)CN2. The van der Waals surface area contributed by atoms with Crippen molar-refractivity contribution in [3.8, 4) is 0 Å². The molecule has 2 rings (SSSR count). The lowest BCUT2D eigenvalue weighted by molar-refractivity contribution is 0.244. The zero-order valence-corrected chi connectivity index (χ0v) is 11.8. The van der Waals surface area contributed by atoms with Crippen molar-refractivity contribution < 1.29 is 0 Å². The molecule has 0 aliphatic carbocycles. The van der Waals surface area contributed by atoms with Gasteiger partial charge in [0.15, 0.2) is 0 Å². The van der Waals surface area contributed by atoms with E-state index in [9.17, 15) is 0 Å². The Hall–Kier alpha value is -1.19. The number of rotatable bonds is 1. The van der Waals surface area contributed by atoms with Crippen molar-refractivity contribution in [1.82, 2.24) is 9.78 Å². The summed E-state index contributed by atoms with van der Waals surface area (Å²) in [5.74, 6) is 1.13. The largest absolute Gasteiger partial charge is 0.380 e. The first kappa shape index (κ1) is 12.3. The lowest BCUT2D eigenvalue weighted by atomic mass is 9.75. The predicted octanol–water partition coefficient (Wildman–Crippen LogP) is 2.85. The molecule has 0 spiro atoms. The second-order valence-corrected chi connectivity index (χ2v) is 6.11. The van der Waals surface area contributed by atoms with E-state index in [1.165, 1.54) is 0 Å². The molecule has 0 aromatic carbocycles. The Morgan fingerprint density at radius 3 is 2.53 bits per heavy atom. The van der Waals surface area contributed by atoms with Gasteiger partial charge in [-0.15, -0.1) is 0 Å². The maximum atomic E-state index is 4.56. The Labute approximate surface area is 104 Å². The number of nitrogens with one attached hydrogen (secondary N) is 2. The standard InChI is InChI=1S/C13H24N4/c1-7-17-11-10(9(2)16-17)14-8-12(3,4)13(5,6)15-11/h14-15H,7-8H2,1-6H3. The minimum atomic E-state index is 0.0324. The van der Waals surface area contributed by atoms with E-state index >= 15 is 0 Å². The van der Waals surface area contributed by atoms with E-state index < -0.39 is 0 Å².